The molecule has 1 saturated carbocycles. The van der Waals surface area contributed by atoms with Gasteiger partial charge in [0, 0.05) is 32.4 Å². The molecule has 1 saturated heterocycles. The second kappa shape index (κ2) is 6.54. The lowest BCUT2D eigenvalue weighted by Crippen LogP contribution is -2.41. The van der Waals surface area contributed by atoms with Crippen molar-refractivity contribution in [2.75, 3.05) is 25.0 Å². The first-order valence-corrected chi connectivity index (χ1v) is 9.43. The van der Waals surface area contributed by atoms with Crippen molar-refractivity contribution in [2.24, 2.45) is 17.8 Å². The van der Waals surface area contributed by atoms with Gasteiger partial charge in [0.25, 0.3) is 5.91 Å². The van der Waals surface area contributed by atoms with Crippen LogP contribution in [0.5, 0.6) is 0 Å². The molecule has 0 spiro atoms. The molecule has 1 aliphatic heterocycles. The van der Waals surface area contributed by atoms with Gasteiger partial charge in [0.05, 0.1) is 5.39 Å². The lowest BCUT2D eigenvalue weighted by atomic mass is 10.0. The van der Waals surface area contributed by atoms with E-state index in [1.165, 1.54) is 0 Å². The Bertz CT molecular complexity index is 790. The quantitative estimate of drug-likeness (QED) is 0.869. The highest BCUT2D eigenvalue weighted by Crippen LogP contribution is 2.41. The van der Waals surface area contributed by atoms with Gasteiger partial charge in [-0.05, 0) is 36.7 Å². The van der Waals surface area contributed by atoms with Crippen molar-refractivity contribution in [3.8, 4) is 0 Å². The molecule has 140 valence electrons. The van der Waals surface area contributed by atoms with Gasteiger partial charge < -0.3 is 19.9 Å². The average molecular weight is 357 g/mol. The van der Waals surface area contributed by atoms with Crippen molar-refractivity contribution in [1.82, 2.24) is 19.9 Å². The first kappa shape index (κ1) is 17.3. The number of hydrogen-bond acceptors (Lipinski definition) is 5. The number of aliphatic hydroxyl groups excluding tert-OH is 1. The van der Waals surface area contributed by atoms with Crippen molar-refractivity contribution in [2.45, 2.75) is 38.8 Å². The molecule has 0 aromatic carbocycles. The van der Waals surface area contributed by atoms with E-state index in [9.17, 15) is 9.90 Å². The summed E-state index contributed by atoms with van der Waals surface area (Å²) >= 11 is 0. The van der Waals surface area contributed by atoms with E-state index in [0.29, 0.717) is 17.9 Å². The molecule has 0 radical (unpaired) electrons. The van der Waals surface area contributed by atoms with Crippen LogP contribution in [0.15, 0.2) is 18.6 Å². The third-order valence-electron chi connectivity index (χ3n) is 6.14. The van der Waals surface area contributed by atoms with Crippen LogP contribution in [0.3, 0.4) is 0 Å². The highest BCUT2D eigenvalue weighted by Gasteiger charge is 2.44. The molecule has 26 heavy (non-hydrogen) atoms. The minimum Gasteiger partial charge on any atom is -0.383 e. The molecule has 2 N–H and O–H groups in total. The van der Waals surface area contributed by atoms with Gasteiger partial charge in [0.15, 0.2) is 0 Å². The smallest absolute Gasteiger partial charge is 0.251 e. The summed E-state index contributed by atoms with van der Waals surface area (Å²) in [7, 11) is 2.10. The zero-order valence-electron chi connectivity index (χ0n) is 15.6. The second-order valence-corrected chi connectivity index (χ2v) is 8.13. The Kier molecular flexibility index (Phi) is 4.34. The van der Waals surface area contributed by atoms with Crippen LogP contribution < -0.4 is 4.90 Å². The van der Waals surface area contributed by atoms with Crippen LogP contribution in [0, 0.1) is 17.8 Å². The normalized spacial score (nSPS) is 26.5. The molecule has 2 aromatic rings. The Morgan fingerprint density at radius 1 is 1.31 bits per heavy atom. The third kappa shape index (κ3) is 2.84. The second-order valence-electron chi connectivity index (χ2n) is 8.13. The predicted octanol–water partition coefficient (Wildman–Crippen LogP) is 1.65. The van der Waals surface area contributed by atoms with Gasteiger partial charge in [-0.1, -0.05) is 13.8 Å². The average Bonchev–Trinajstić information content (AvgIpc) is 3.32. The number of amides is 1. The van der Waals surface area contributed by atoms with Gasteiger partial charge in [-0.25, -0.2) is 9.97 Å². The number of carbonyl (C=O) groups is 1. The maximum atomic E-state index is 12.4. The van der Waals surface area contributed by atoms with Gasteiger partial charge in [0.2, 0.25) is 0 Å². The summed E-state index contributed by atoms with van der Waals surface area (Å²) in [5.74, 6) is 1.83. The summed E-state index contributed by atoms with van der Waals surface area (Å²) in [4.78, 5) is 28.5. The van der Waals surface area contributed by atoms with Gasteiger partial charge in [-0.3, -0.25) is 4.79 Å². The number of carbonyl (C=O) groups excluding carboxylic acids is 1. The molecule has 4 atom stereocenters. The highest BCUT2D eigenvalue weighted by atomic mass is 16.3. The molecule has 1 amide bonds. The van der Waals surface area contributed by atoms with Crippen LogP contribution in [0.1, 0.15) is 26.7 Å². The SMILES string of the molecule is CC(C)[C@@H](O)C(=O)N1CC2CC(N(C)c3ncnc4[nH]ccc34)C[C@@H]2C1. The van der Waals surface area contributed by atoms with E-state index in [1.807, 2.05) is 31.0 Å². The number of aliphatic hydroxyl groups is 1. The summed E-state index contributed by atoms with van der Waals surface area (Å²) < 4.78 is 0. The topological polar surface area (TPSA) is 85.3 Å². The van der Waals surface area contributed by atoms with E-state index in [1.54, 1.807) is 6.33 Å². The summed E-state index contributed by atoms with van der Waals surface area (Å²) in [5, 5.41) is 11.1. The van der Waals surface area contributed by atoms with Crippen molar-refractivity contribution >= 4 is 22.8 Å². The third-order valence-corrected chi connectivity index (χ3v) is 6.14. The van der Waals surface area contributed by atoms with Gasteiger partial charge >= 0.3 is 0 Å². The molecule has 4 rings (SSSR count). The lowest BCUT2D eigenvalue weighted by molar-refractivity contribution is -0.141. The molecular formula is C19H27N5O2. The molecule has 7 nitrogen and oxygen atoms in total. The number of aromatic amines is 1. The number of hydrogen-bond donors (Lipinski definition) is 2. The fraction of sp³-hybridized carbons (Fsp3) is 0.632. The molecular weight excluding hydrogens is 330 g/mol. The van der Waals surface area contributed by atoms with Gasteiger partial charge in [0.1, 0.15) is 23.9 Å². The van der Waals surface area contributed by atoms with Crippen LogP contribution in [-0.4, -0.2) is 63.1 Å². The zero-order chi connectivity index (χ0) is 18.4. The van der Waals surface area contributed by atoms with Crippen LogP contribution >= 0.6 is 0 Å². The number of fused-ring (bicyclic) bond motifs is 2. The Labute approximate surface area is 153 Å². The lowest BCUT2D eigenvalue weighted by Gasteiger charge is -2.28. The molecule has 2 unspecified atom stereocenters. The van der Waals surface area contributed by atoms with Crippen LogP contribution in [-0.2, 0) is 4.79 Å². The van der Waals surface area contributed by atoms with E-state index in [0.717, 1.165) is 42.8 Å². The Hall–Kier alpha value is -2.15. The van der Waals surface area contributed by atoms with Crippen molar-refractivity contribution in [3.05, 3.63) is 18.6 Å². The number of anilines is 1. The number of H-pyrrole nitrogens is 1. The highest BCUT2D eigenvalue weighted by molar-refractivity contribution is 5.87. The molecule has 2 aromatic heterocycles. The largest absolute Gasteiger partial charge is 0.383 e. The van der Waals surface area contributed by atoms with Crippen molar-refractivity contribution in [1.29, 1.82) is 0 Å². The summed E-state index contributed by atoms with van der Waals surface area (Å²) in [5.41, 5.74) is 0.861. The Balaban J connectivity index is 1.43. The maximum absolute atomic E-state index is 12.4. The van der Waals surface area contributed by atoms with E-state index in [4.69, 9.17) is 0 Å². The standard InChI is InChI=1S/C19H27N5O2/c1-11(2)16(25)19(26)24-8-12-6-14(7-13(12)9-24)23(3)18-15-4-5-20-17(15)21-10-22-18/h4-5,10-14,16,25H,6-9H2,1-3H3,(H,20,21,22)/t12-,13?,14?,16-/m1/s1. The number of likely N-dealkylation sites (tertiary alicyclic amines) is 1. The molecule has 7 heteroatoms. The van der Waals surface area contributed by atoms with E-state index in [2.05, 4.69) is 26.9 Å². The Morgan fingerprint density at radius 3 is 2.65 bits per heavy atom. The number of rotatable bonds is 4. The first-order valence-electron chi connectivity index (χ1n) is 9.43. The van der Waals surface area contributed by atoms with Gasteiger partial charge in [-0.15, -0.1) is 0 Å². The fourth-order valence-corrected chi connectivity index (χ4v) is 4.55. The number of nitrogens with zero attached hydrogens (tertiary/aromatic N) is 4. The van der Waals surface area contributed by atoms with Crippen molar-refractivity contribution < 1.29 is 9.90 Å². The Morgan fingerprint density at radius 2 is 2.00 bits per heavy atom. The summed E-state index contributed by atoms with van der Waals surface area (Å²) in [6, 6.07) is 2.44. The van der Waals surface area contributed by atoms with Crippen LogP contribution in [0.4, 0.5) is 5.82 Å². The molecule has 1 aliphatic carbocycles. The number of aromatic nitrogens is 3. The summed E-state index contributed by atoms with van der Waals surface area (Å²) in [6.45, 7) is 5.30. The minimum atomic E-state index is -0.879. The number of nitrogens with one attached hydrogen (secondary N) is 1. The zero-order valence-corrected chi connectivity index (χ0v) is 15.6. The van der Waals surface area contributed by atoms with E-state index in [-0.39, 0.29) is 11.8 Å². The minimum absolute atomic E-state index is 0.0386. The monoisotopic (exact) mass is 357 g/mol. The van der Waals surface area contributed by atoms with Gasteiger partial charge in [-0.2, -0.15) is 0 Å². The van der Waals surface area contributed by atoms with Crippen LogP contribution in [0.2, 0.25) is 0 Å². The summed E-state index contributed by atoms with van der Waals surface area (Å²) in [6.07, 6.45) is 4.73. The predicted molar refractivity (Wildman–Crippen MR) is 99.7 cm³/mol. The molecule has 2 aliphatic rings. The first-order chi connectivity index (χ1) is 12.5. The molecule has 2 fully saturated rings. The maximum Gasteiger partial charge on any atom is 0.251 e. The molecule has 0 bridgehead atoms. The molecule has 3 heterocycles. The van der Waals surface area contributed by atoms with E-state index >= 15 is 0 Å². The van der Waals surface area contributed by atoms with Crippen molar-refractivity contribution in [3.63, 3.8) is 0 Å². The van der Waals surface area contributed by atoms with E-state index < -0.39 is 6.10 Å². The fourth-order valence-electron chi connectivity index (χ4n) is 4.55. The van der Waals surface area contributed by atoms with Crippen LogP contribution in [0.25, 0.3) is 11.0 Å².